The zero-order valence-electron chi connectivity index (χ0n) is 5.59. The second-order valence-corrected chi connectivity index (χ2v) is 4.64. The zero-order valence-corrected chi connectivity index (χ0v) is 10.1. The fourth-order valence-electron chi connectivity index (χ4n) is 0.424. The van der Waals surface area contributed by atoms with Gasteiger partial charge in [0.15, 0.2) is 0 Å². The van der Waals surface area contributed by atoms with Crippen molar-refractivity contribution in [3.63, 3.8) is 0 Å². The van der Waals surface area contributed by atoms with Crippen LogP contribution in [0.5, 0.6) is 0 Å². The van der Waals surface area contributed by atoms with Gasteiger partial charge in [-0.15, -0.1) is 24.8 Å². The van der Waals surface area contributed by atoms with E-state index in [0.29, 0.717) is 0 Å². The van der Waals surface area contributed by atoms with E-state index in [2.05, 4.69) is 6.92 Å². The molecule has 0 amide bonds. The van der Waals surface area contributed by atoms with Gasteiger partial charge >= 0.3 is 58.5 Å². The molecule has 4 heteroatoms. The van der Waals surface area contributed by atoms with Crippen molar-refractivity contribution in [1.29, 1.82) is 0 Å². The molecule has 3 radical (unpaired) electrons. The third kappa shape index (κ3) is 17.6. The minimum absolute atomic E-state index is 0. The maximum Gasteiger partial charge on any atom is -0.147 e. The first kappa shape index (κ1) is 16.7. The Morgan fingerprint density at radius 1 is 1.44 bits per heavy atom. The number of hydrogen-bond donors (Lipinski definition) is 1. The van der Waals surface area contributed by atoms with Crippen LogP contribution in [0.1, 0.15) is 19.8 Å². The first-order valence-corrected chi connectivity index (χ1v) is 4.33. The first-order chi connectivity index (χ1) is 3.27. The molecule has 0 aliphatic carbocycles. The Kier molecular flexibility index (Phi) is 22.4. The van der Waals surface area contributed by atoms with Crippen LogP contribution in [0.3, 0.4) is 0 Å². The largest absolute Gasteiger partial charge is 0.147 e. The summed E-state index contributed by atoms with van der Waals surface area (Å²) in [5.41, 5.74) is 5.29. The van der Waals surface area contributed by atoms with Crippen LogP contribution in [0, 0.1) is 0 Å². The number of hydrogen-bond acceptors (Lipinski definition) is 1. The van der Waals surface area contributed by atoms with Crippen LogP contribution in [-0.4, -0.2) is 29.1 Å². The van der Waals surface area contributed by atoms with Crippen molar-refractivity contribution in [2.75, 3.05) is 6.54 Å². The maximum absolute atomic E-state index is 5.29. The third-order valence-corrected chi connectivity index (χ3v) is 1.67. The Hall–Kier alpha value is 1.34. The normalized spacial score (nSPS) is 11.0. The SMILES string of the molecule is C[CH]([Sn])CCCN.Cl.Cl. The molecule has 9 heavy (non-hydrogen) atoms. The summed E-state index contributed by atoms with van der Waals surface area (Å²) in [6.45, 7) is 3.12. The van der Waals surface area contributed by atoms with Gasteiger partial charge in [0.1, 0.15) is 0 Å². The van der Waals surface area contributed by atoms with Crippen LogP contribution in [0.25, 0.3) is 0 Å². The Bertz CT molecular complexity index is 43.9. The molecule has 0 fully saturated rings. The van der Waals surface area contributed by atoms with Gasteiger partial charge in [0.05, 0.1) is 0 Å². The Balaban J connectivity index is -0.000000180. The van der Waals surface area contributed by atoms with Gasteiger partial charge in [-0.05, 0) is 0 Å². The van der Waals surface area contributed by atoms with Crippen LogP contribution in [0.2, 0.25) is 3.93 Å². The van der Waals surface area contributed by atoms with Crippen molar-refractivity contribution in [1.82, 2.24) is 0 Å². The summed E-state index contributed by atoms with van der Waals surface area (Å²) in [6.07, 6.45) is 2.52. The number of nitrogens with two attached hydrogens (primary N) is 1. The summed E-state index contributed by atoms with van der Waals surface area (Å²) in [6, 6.07) is 0. The minimum Gasteiger partial charge on any atom is -0.147 e. The van der Waals surface area contributed by atoms with E-state index in [1.54, 1.807) is 22.5 Å². The molecule has 0 saturated carbocycles. The van der Waals surface area contributed by atoms with Crippen molar-refractivity contribution in [2.24, 2.45) is 5.73 Å². The molecule has 2 N–H and O–H groups in total. The van der Waals surface area contributed by atoms with E-state index in [-0.39, 0.29) is 24.8 Å². The van der Waals surface area contributed by atoms with Crippen LogP contribution >= 0.6 is 24.8 Å². The number of halogens is 2. The van der Waals surface area contributed by atoms with Gasteiger partial charge in [-0.2, -0.15) is 0 Å². The molecule has 0 aliphatic rings. The summed E-state index contributed by atoms with van der Waals surface area (Å²) >= 11 is 1.64. The summed E-state index contributed by atoms with van der Waals surface area (Å²) in [5.74, 6) is 0. The summed E-state index contributed by atoms with van der Waals surface area (Å²) in [5, 5.41) is 0. The number of rotatable bonds is 3. The molecule has 1 unspecified atom stereocenters. The molecule has 0 aromatic rings. The van der Waals surface area contributed by atoms with Crippen LogP contribution in [0.4, 0.5) is 0 Å². The van der Waals surface area contributed by atoms with E-state index in [4.69, 9.17) is 5.73 Å². The second-order valence-electron chi connectivity index (χ2n) is 1.83. The second kappa shape index (κ2) is 12.1. The average Bonchev–Trinajstić information content (AvgIpc) is 1.61. The van der Waals surface area contributed by atoms with E-state index in [0.717, 1.165) is 10.5 Å². The predicted octanol–water partition coefficient (Wildman–Crippen LogP) is 1.55. The van der Waals surface area contributed by atoms with Crippen LogP contribution in [0.15, 0.2) is 0 Å². The van der Waals surface area contributed by atoms with Crippen LogP contribution in [-0.2, 0) is 0 Å². The third-order valence-electron chi connectivity index (χ3n) is 0.841. The summed E-state index contributed by atoms with van der Waals surface area (Å²) < 4.78 is 0.913. The van der Waals surface area contributed by atoms with Gasteiger partial charge in [-0.1, -0.05) is 0 Å². The van der Waals surface area contributed by atoms with Crippen molar-refractivity contribution in [2.45, 2.75) is 23.7 Å². The summed E-state index contributed by atoms with van der Waals surface area (Å²) in [4.78, 5) is 0. The van der Waals surface area contributed by atoms with E-state index in [9.17, 15) is 0 Å². The molecule has 0 aromatic heterocycles. The zero-order chi connectivity index (χ0) is 5.70. The molecule has 1 atom stereocenters. The molecule has 0 aliphatic heterocycles. The maximum atomic E-state index is 5.29. The van der Waals surface area contributed by atoms with Gasteiger partial charge in [-0.25, -0.2) is 0 Å². The molecule has 0 bridgehead atoms. The Morgan fingerprint density at radius 3 is 2.00 bits per heavy atom. The molecule has 0 aromatic carbocycles. The van der Waals surface area contributed by atoms with Crippen molar-refractivity contribution < 1.29 is 0 Å². The smallest absolute Gasteiger partial charge is 0.147 e. The molecule has 57 valence electrons. The Labute approximate surface area is 83.1 Å². The van der Waals surface area contributed by atoms with Crippen molar-refractivity contribution in [3.8, 4) is 0 Å². The summed E-state index contributed by atoms with van der Waals surface area (Å²) in [7, 11) is 0. The van der Waals surface area contributed by atoms with E-state index < -0.39 is 0 Å². The molecule has 0 saturated heterocycles. The van der Waals surface area contributed by atoms with Gasteiger partial charge in [-0.3, -0.25) is 0 Å². The predicted molar refractivity (Wildman–Crippen MR) is 48.0 cm³/mol. The monoisotopic (exact) mass is 278 g/mol. The molecule has 1 nitrogen and oxygen atoms in total. The Morgan fingerprint density at radius 2 is 1.89 bits per heavy atom. The fraction of sp³-hybridized carbons (Fsp3) is 1.00. The van der Waals surface area contributed by atoms with Crippen molar-refractivity contribution >= 4 is 47.3 Å². The topological polar surface area (TPSA) is 26.0 Å². The van der Waals surface area contributed by atoms with Gasteiger partial charge in [0, 0.05) is 0 Å². The fourth-order valence-corrected chi connectivity index (χ4v) is 1.01. The molecule has 0 heterocycles. The van der Waals surface area contributed by atoms with Gasteiger partial charge in [0.25, 0.3) is 0 Å². The van der Waals surface area contributed by atoms with E-state index in [1.165, 1.54) is 12.8 Å². The first-order valence-electron chi connectivity index (χ1n) is 2.68. The minimum atomic E-state index is 0. The molecule has 0 rings (SSSR count). The molecular weight excluding hydrogens is 264 g/mol. The van der Waals surface area contributed by atoms with Gasteiger partial charge in [0.2, 0.25) is 0 Å². The van der Waals surface area contributed by atoms with Gasteiger partial charge < -0.3 is 0 Å². The van der Waals surface area contributed by atoms with E-state index in [1.807, 2.05) is 0 Å². The van der Waals surface area contributed by atoms with Crippen LogP contribution < -0.4 is 5.73 Å². The average molecular weight is 278 g/mol. The quantitative estimate of drug-likeness (QED) is 0.779. The molecule has 0 spiro atoms. The standard InChI is InChI=1S/C5H12N.2ClH.Sn/c1-2-3-4-5-6;;;/h2H,3-6H2,1H3;2*1H;. The van der Waals surface area contributed by atoms with E-state index >= 15 is 0 Å². The molecular formula is C5H14Cl2NSn. The van der Waals surface area contributed by atoms with Crippen molar-refractivity contribution in [3.05, 3.63) is 0 Å².